The van der Waals surface area contributed by atoms with Gasteiger partial charge in [0.2, 0.25) is 5.09 Å². The van der Waals surface area contributed by atoms with E-state index in [-0.39, 0.29) is 10.7 Å². The van der Waals surface area contributed by atoms with Crippen molar-refractivity contribution in [2.45, 2.75) is 18.1 Å². The van der Waals surface area contributed by atoms with Crippen molar-refractivity contribution < 1.29 is 22.7 Å². The van der Waals surface area contributed by atoms with E-state index < -0.39 is 27.1 Å². The Morgan fingerprint density at radius 1 is 1.58 bits per heavy atom. The summed E-state index contributed by atoms with van der Waals surface area (Å²) in [5.41, 5.74) is 0.253. The maximum atomic E-state index is 11.9. The van der Waals surface area contributed by atoms with Crippen molar-refractivity contribution in [2.75, 3.05) is 0 Å². The standard InChI is InChI=1S/C10H9ClN2O5S/c1-5(10(14)15)13-19(16,17)8-4-6-7(18-8)2-3-12-9(6)11/h2-5,13H,1H3,(H,14,15)/t5-/m0/s1. The minimum Gasteiger partial charge on any atom is -0.480 e. The number of hydrogen-bond acceptors (Lipinski definition) is 5. The fraction of sp³-hybridized carbons (Fsp3) is 0.200. The molecule has 2 rings (SSSR count). The second-order valence-corrected chi connectivity index (χ2v) is 5.76. The van der Waals surface area contributed by atoms with E-state index in [1.165, 1.54) is 25.3 Å². The van der Waals surface area contributed by atoms with Gasteiger partial charge in [-0.1, -0.05) is 11.6 Å². The molecule has 7 nitrogen and oxygen atoms in total. The number of aliphatic carboxylic acids is 1. The van der Waals surface area contributed by atoms with Crippen LogP contribution in [0, 0.1) is 0 Å². The molecule has 0 bridgehead atoms. The van der Waals surface area contributed by atoms with Gasteiger partial charge in [0.25, 0.3) is 10.0 Å². The third-order valence-electron chi connectivity index (χ3n) is 2.34. The molecule has 19 heavy (non-hydrogen) atoms. The molecular weight excluding hydrogens is 296 g/mol. The van der Waals surface area contributed by atoms with Crippen LogP contribution in [0.15, 0.2) is 27.8 Å². The zero-order valence-corrected chi connectivity index (χ0v) is 11.2. The summed E-state index contributed by atoms with van der Waals surface area (Å²) in [7, 11) is -4.07. The van der Waals surface area contributed by atoms with Gasteiger partial charge in [-0.3, -0.25) is 4.79 Å². The first-order chi connectivity index (χ1) is 8.81. The van der Waals surface area contributed by atoms with Gasteiger partial charge in [-0.15, -0.1) is 0 Å². The highest BCUT2D eigenvalue weighted by Crippen LogP contribution is 2.27. The maximum Gasteiger partial charge on any atom is 0.321 e. The SMILES string of the molecule is C[C@H](NS(=O)(=O)c1cc2c(Cl)nccc2o1)C(=O)O. The minimum atomic E-state index is -4.07. The summed E-state index contributed by atoms with van der Waals surface area (Å²) in [6.45, 7) is 1.21. The molecule has 0 fully saturated rings. The quantitative estimate of drug-likeness (QED) is 0.822. The van der Waals surface area contributed by atoms with Gasteiger partial charge in [-0.05, 0) is 13.0 Å². The van der Waals surface area contributed by atoms with Crippen LogP contribution < -0.4 is 4.72 Å². The number of fused-ring (bicyclic) bond motifs is 1. The van der Waals surface area contributed by atoms with Gasteiger partial charge in [0, 0.05) is 12.3 Å². The van der Waals surface area contributed by atoms with Gasteiger partial charge >= 0.3 is 5.97 Å². The summed E-state index contributed by atoms with van der Waals surface area (Å²) in [5, 5.41) is 8.72. The molecule has 0 radical (unpaired) electrons. The summed E-state index contributed by atoms with van der Waals surface area (Å²) in [5.74, 6) is -1.29. The number of halogens is 1. The highest BCUT2D eigenvalue weighted by molar-refractivity contribution is 7.89. The number of nitrogens with one attached hydrogen (secondary N) is 1. The van der Waals surface area contributed by atoms with Crippen molar-refractivity contribution in [3.63, 3.8) is 0 Å². The summed E-state index contributed by atoms with van der Waals surface area (Å²) in [6, 6.07) is 1.38. The molecule has 1 atom stereocenters. The first kappa shape index (κ1) is 13.8. The van der Waals surface area contributed by atoms with E-state index in [0.29, 0.717) is 5.39 Å². The molecule has 0 saturated heterocycles. The van der Waals surface area contributed by atoms with Crippen LogP contribution in [-0.2, 0) is 14.8 Å². The molecule has 0 amide bonds. The third kappa shape index (κ3) is 2.70. The van der Waals surface area contributed by atoms with Crippen molar-refractivity contribution >= 4 is 38.6 Å². The van der Waals surface area contributed by atoms with E-state index in [2.05, 4.69) is 4.98 Å². The topological polar surface area (TPSA) is 110 Å². The molecule has 2 N–H and O–H groups in total. The first-order valence-corrected chi connectivity index (χ1v) is 6.96. The van der Waals surface area contributed by atoms with E-state index in [0.717, 1.165) is 0 Å². The lowest BCUT2D eigenvalue weighted by atomic mass is 10.3. The molecule has 0 aliphatic carbocycles. The lowest BCUT2D eigenvalue weighted by Gasteiger charge is -2.07. The van der Waals surface area contributed by atoms with Crippen molar-refractivity contribution in [1.29, 1.82) is 0 Å². The van der Waals surface area contributed by atoms with Gasteiger partial charge in [0.15, 0.2) is 0 Å². The van der Waals surface area contributed by atoms with Gasteiger partial charge < -0.3 is 9.52 Å². The Bertz CT molecular complexity index is 739. The second kappa shape index (κ2) is 4.80. The molecule has 9 heteroatoms. The summed E-state index contributed by atoms with van der Waals surface area (Å²) >= 11 is 5.80. The van der Waals surface area contributed by atoms with Crippen LogP contribution in [0.3, 0.4) is 0 Å². The van der Waals surface area contributed by atoms with Crippen molar-refractivity contribution in [2.24, 2.45) is 0 Å². The molecule has 0 spiro atoms. The van der Waals surface area contributed by atoms with Crippen LogP contribution in [0.5, 0.6) is 0 Å². The van der Waals surface area contributed by atoms with E-state index in [4.69, 9.17) is 21.1 Å². The van der Waals surface area contributed by atoms with E-state index in [9.17, 15) is 13.2 Å². The predicted octanol–water partition coefficient (Wildman–Crippen LogP) is 1.23. The first-order valence-electron chi connectivity index (χ1n) is 5.10. The fourth-order valence-corrected chi connectivity index (χ4v) is 2.74. The van der Waals surface area contributed by atoms with Gasteiger partial charge in [0.05, 0.1) is 5.39 Å². The highest BCUT2D eigenvalue weighted by Gasteiger charge is 2.25. The monoisotopic (exact) mass is 304 g/mol. The molecule has 0 saturated carbocycles. The average molecular weight is 305 g/mol. The molecule has 102 valence electrons. The summed E-state index contributed by atoms with van der Waals surface area (Å²) in [6.07, 6.45) is 1.37. The van der Waals surface area contributed by atoms with Gasteiger partial charge in [0.1, 0.15) is 16.8 Å². The number of rotatable bonds is 4. The number of pyridine rings is 1. The number of nitrogens with zero attached hydrogens (tertiary/aromatic N) is 1. The molecule has 0 unspecified atom stereocenters. The number of carboxylic acid groups (broad SMARTS) is 1. The molecule has 2 aromatic rings. The van der Waals surface area contributed by atoms with Crippen LogP contribution in [-0.4, -0.2) is 30.5 Å². The Morgan fingerprint density at radius 2 is 2.26 bits per heavy atom. The van der Waals surface area contributed by atoms with Crippen molar-refractivity contribution in [1.82, 2.24) is 9.71 Å². The van der Waals surface area contributed by atoms with Crippen LogP contribution in [0.2, 0.25) is 5.15 Å². The summed E-state index contributed by atoms with van der Waals surface area (Å²) < 4.78 is 30.9. The van der Waals surface area contributed by atoms with Crippen molar-refractivity contribution in [3.8, 4) is 0 Å². The number of furan rings is 1. The van der Waals surface area contributed by atoms with E-state index in [1.807, 2.05) is 4.72 Å². The van der Waals surface area contributed by atoms with Crippen LogP contribution in [0.4, 0.5) is 0 Å². The molecular formula is C10H9ClN2O5S. The fourth-order valence-electron chi connectivity index (χ4n) is 1.38. The van der Waals surface area contributed by atoms with E-state index >= 15 is 0 Å². The zero-order chi connectivity index (χ0) is 14.2. The number of carbonyl (C=O) groups is 1. The Balaban J connectivity index is 2.44. The molecule has 2 heterocycles. The highest BCUT2D eigenvalue weighted by atomic mass is 35.5. The Morgan fingerprint density at radius 3 is 2.84 bits per heavy atom. The molecule has 0 aliphatic rings. The average Bonchev–Trinajstić information content (AvgIpc) is 2.74. The molecule has 0 aromatic carbocycles. The van der Waals surface area contributed by atoms with Crippen LogP contribution in [0.25, 0.3) is 11.0 Å². The number of hydrogen-bond donors (Lipinski definition) is 2. The zero-order valence-electron chi connectivity index (χ0n) is 9.62. The second-order valence-electron chi connectivity index (χ2n) is 3.76. The predicted molar refractivity (Wildman–Crippen MR) is 66.4 cm³/mol. The lowest BCUT2D eigenvalue weighted by molar-refractivity contribution is -0.138. The third-order valence-corrected chi connectivity index (χ3v) is 4.04. The van der Waals surface area contributed by atoms with E-state index in [1.54, 1.807) is 0 Å². The summed E-state index contributed by atoms with van der Waals surface area (Å²) in [4.78, 5) is 14.4. The largest absolute Gasteiger partial charge is 0.480 e. The van der Waals surface area contributed by atoms with Crippen LogP contribution >= 0.6 is 11.6 Å². The van der Waals surface area contributed by atoms with Gasteiger partial charge in [-0.2, -0.15) is 4.72 Å². The molecule has 2 aromatic heterocycles. The van der Waals surface area contributed by atoms with Crippen molar-refractivity contribution in [3.05, 3.63) is 23.5 Å². The Hall–Kier alpha value is -1.64. The van der Waals surface area contributed by atoms with Crippen LogP contribution in [0.1, 0.15) is 6.92 Å². The molecule has 0 aliphatic heterocycles. The Kier molecular flexibility index (Phi) is 3.48. The number of sulfonamides is 1. The Labute approximate surface area is 113 Å². The minimum absolute atomic E-state index is 0.106. The lowest BCUT2D eigenvalue weighted by Crippen LogP contribution is -2.38. The maximum absolute atomic E-state index is 11.9. The number of carboxylic acids is 1. The smallest absolute Gasteiger partial charge is 0.321 e. The normalized spacial score (nSPS) is 13.6. The number of aromatic nitrogens is 1. The van der Waals surface area contributed by atoms with Gasteiger partial charge in [-0.25, -0.2) is 13.4 Å².